The molecule has 0 aromatic heterocycles. The second-order valence-corrected chi connectivity index (χ2v) is 6.01. The van der Waals surface area contributed by atoms with E-state index in [4.69, 9.17) is 12.2 Å². The van der Waals surface area contributed by atoms with Gasteiger partial charge in [-0.05, 0) is 48.8 Å². The van der Waals surface area contributed by atoms with Gasteiger partial charge in [-0.1, -0.05) is 31.2 Å². The number of rotatable bonds is 5. The summed E-state index contributed by atoms with van der Waals surface area (Å²) < 4.78 is 0. The van der Waals surface area contributed by atoms with E-state index in [0.29, 0.717) is 5.11 Å². The predicted molar refractivity (Wildman–Crippen MR) is 101 cm³/mol. The third-order valence-corrected chi connectivity index (χ3v) is 4.44. The van der Waals surface area contributed by atoms with Gasteiger partial charge < -0.3 is 10.2 Å². The van der Waals surface area contributed by atoms with Crippen LogP contribution in [-0.4, -0.2) is 22.0 Å². The molecule has 0 radical (unpaired) electrons. The first-order valence-electron chi connectivity index (χ1n) is 7.79. The molecule has 0 aliphatic heterocycles. The summed E-state index contributed by atoms with van der Waals surface area (Å²) in [5, 5.41) is 14.7. The van der Waals surface area contributed by atoms with Crippen LogP contribution < -0.4 is 5.32 Å². The molecule has 0 saturated carbocycles. The van der Waals surface area contributed by atoms with E-state index in [1.165, 1.54) is 11.6 Å². The molecule has 6 heteroatoms. The highest BCUT2D eigenvalue weighted by molar-refractivity contribution is 7.80. The van der Waals surface area contributed by atoms with Gasteiger partial charge in [-0.2, -0.15) is 0 Å². The zero-order valence-corrected chi connectivity index (χ0v) is 14.8. The molecule has 126 valence electrons. The molecule has 0 aliphatic carbocycles. The number of non-ortho nitro benzene ring substituents is 1. The highest BCUT2D eigenvalue weighted by Crippen LogP contribution is 2.24. The Morgan fingerprint density at radius 2 is 2.00 bits per heavy atom. The molecule has 0 spiro atoms. The van der Waals surface area contributed by atoms with Crippen LogP contribution in [-0.2, 0) is 6.42 Å². The fraction of sp³-hybridized carbons (Fsp3) is 0.278. The lowest BCUT2D eigenvalue weighted by Gasteiger charge is -2.28. The number of aryl methyl sites for hydroxylation is 1. The number of thiocarbonyl (C=S) groups is 1. The maximum Gasteiger partial charge on any atom is 0.269 e. The van der Waals surface area contributed by atoms with Crippen molar-refractivity contribution < 1.29 is 4.92 Å². The van der Waals surface area contributed by atoms with E-state index in [-0.39, 0.29) is 16.7 Å². The predicted octanol–water partition coefficient (Wildman–Crippen LogP) is 4.55. The van der Waals surface area contributed by atoms with Crippen LogP contribution in [0.25, 0.3) is 0 Å². The third kappa shape index (κ3) is 4.29. The second kappa shape index (κ2) is 7.88. The van der Waals surface area contributed by atoms with E-state index in [1.807, 2.05) is 37.1 Å². The van der Waals surface area contributed by atoms with Gasteiger partial charge in [0.1, 0.15) is 0 Å². The minimum Gasteiger partial charge on any atom is -0.345 e. The SMILES string of the molecule is CCc1cccc(NC(=S)N(C)[C@H](C)c2cccc([N+](=O)[O-])c2)c1. The van der Waals surface area contributed by atoms with Gasteiger partial charge in [0.2, 0.25) is 0 Å². The van der Waals surface area contributed by atoms with Crippen LogP contribution >= 0.6 is 12.2 Å². The van der Waals surface area contributed by atoms with Crippen molar-refractivity contribution in [1.82, 2.24) is 4.90 Å². The summed E-state index contributed by atoms with van der Waals surface area (Å²) >= 11 is 5.48. The van der Waals surface area contributed by atoms with Crippen LogP contribution in [0.15, 0.2) is 48.5 Å². The van der Waals surface area contributed by atoms with Crippen LogP contribution in [0, 0.1) is 10.1 Å². The highest BCUT2D eigenvalue weighted by atomic mass is 32.1. The molecule has 0 aliphatic rings. The van der Waals surface area contributed by atoms with Gasteiger partial charge in [0, 0.05) is 24.9 Å². The topological polar surface area (TPSA) is 58.4 Å². The van der Waals surface area contributed by atoms with Crippen molar-refractivity contribution in [3.63, 3.8) is 0 Å². The molecule has 2 aromatic rings. The molecule has 5 nitrogen and oxygen atoms in total. The highest BCUT2D eigenvalue weighted by Gasteiger charge is 2.17. The lowest BCUT2D eigenvalue weighted by Crippen LogP contribution is -2.33. The molecular weight excluding hydrogens is 322 g/mol. The van der Waals surface area contributed by atoms with Crippen LogP contribution in [0.4, 0.5) is 11.4 Å². The minimum absolute atomic E-state index is 0.0840. The Hall–Kier alpha value is -2.47. The van der Waals surface area contributed by atoms with Crippen molar-refractivity contribution in [2.75, 3.05) is 12.4 Å². The van der Waals surface area contributed by atoms with E-state index < -0.39 is 0 Å². The van der Waals surface area contributed by atoms with Crippen molar-refractivity contribution in [3.05, 3.63) is 69.8 Å². The Labute approximate surface area is 147 Å². The van der Waals surface area contributed by atoms with Gasteiger partial charge in [0.05, 0.1) is 11.0 Å². The normalized spacial score (nSPS) is 11.6. The van der Waals surface area contributed by atoms with Gasteiger partial charge in [-0.25, -0.2) is 0 Å². The average molecular weight is 343 g/mol. The van der Waals surface area contributed by atoms with Crippen molar-refractivity contribution in [3.8, 4) is 0 Å². The molecule has 1 N–H and O–H groups in total. The molecule has 24 heavy (non-hydrogen) atoms. The van der Waals surface area contributed by atoms with E-state index in [9.17, 15) is 10.1 Å². The van der Waals surface area contributed by atoms with E-state index in [2.05, 4.69) is 24.4 Å². The quantitative estimate of drug-likeness (QED) is 0.490. The van der Waals surface area contributed by atoms with Crippen molar-refractivity contribution >= 4 is 28.7 Å². The molecule has 1 atom stereocenters. The smallest absolute Gasteiger partial charge is 0.269 e. The number of benzene rings is 2. The molecule has 0 amide bonds. The van der Waals surface area contributed by atoms with Crippen molar-refractivity contribution in [2.24, 2.45) is 0 Å². The van der Waals surface area contributed by atoms with Crippen molar-refractivity contribution in [2.45, 2.75) is 26.3 Å². The number of hydrogen-bond donors (Lipinski definition) is 1. The summed E-state index contributed by atoms with van der Waals surface area (Å²) in [7, 11) is 1.88. The molecule has 0 unspecified atom stereocenters. The van der Waals surface area contributed by atoms with Gasteiger partial charge in [0.25, 0.3) is 5.69 Å². The first kappa shape index (κ1) is 17.9. The minimum atomic E-state index is -0.386. The van der Waals surface area contributed by atoms with E-state index in [1.54, 1.807) is 12.1 Å². The Morgan fingerprint density at radius 3 is 2.67 bits per heavy atom. The second-order valence-electron chi connectivity index (χ2n) is 5.62. The first-order chi connectivity index (χ1) is 11.4. The fourth-order valence-corrected chi connectivity index (χ4v) is 2.65. The number of nitrogens with one attached hydrogen (secondary N) is 1. The largest absolute Gasteiger partial charge is 0.345 e. The standard InChI is InChI=1S/C18H21N3O2S/c1-4-14-7-5-9-16(11-14)19-18(24)20(3)13(2)15-8-6-10-17(12-15)21(22)23/h5-13H,4H2,1-3H3,(H,19,24)/t13-/m1/s1. The summed E-state index contributed by atoms with van der Waals surface area (Å²) in [6, 6.07) is 14.7. The molecule has 0 bridgehead atoms. The van der Waals surface area contributed by atoms with Gasteiger partial charge in [-0.15, -0.1) is 0 Å². The van der Waals surface area contributed by atoms with Crippen LogP contribution in [0.2, 0.25) is 0 Å². The zero-order chi connectivity index (χ0) is 17.7. The summed E-state index contributed by atoms with van der Waals surface area (Å²) in [6.07, 6.45) is 0.961. The van der Waals surface area contributed by atoms with E-state index in [0.717, 1.165) is 17.7 Å². The van der Waals surface area contributed by atoms with E-state index >= 15 is 0 Å². The summed E-state index contributed by atoms with van der Waals surface area (Å²) in [5.41, 5.74) is 3.11. The van der Waals surface area contributed by atoms with Crippen molar-refractivity contribution in [1.29, 1.82) is 0 Å². The Bertz CT molecular complexity index is 749. The van der Waals surface area contributed by atoms with Crippen LogP contribution in [0.1, 0.15) is 31.0 Å². The summed E-state index contributed by atoms with van der Waals surface area (Å²) in [4.78, 5) is 12.4. The number of nitrogens with zero attached hydrogens (tertiary/aromatic N) is 2. The Morgan fingerprint density at radius 1 is 1.29 bits per heavy atom. The summed E-state index contributed by atoms with van der Waals surface area (Å²) in [5.74, 6) is 0. The first-order valence-corrected chi connectivity index (χ1v) is 8.20. The maximum atomic E-state index is 10.9. The number of hydrogen-bond acceptors (Lipinski definition) is 3. The monoisotopic (exact) mass is 343 g/mol. The van der Waals surface area contributed by atoms with Crippen LogP contribution in [0.3, 0.4) is 0 Å². The Kier molecular flexibility index (Phi) is 5.87. The maximum absolute atomic E-state index is 10.9. The van der Waals surface area contributed by atoms with Crippen LogP contribution in [0.5, 0.6) is 0 Å². The van der Waals surface area contributed by atoms with Gasteiger partial charge in [-0.3, -0.25) is 10.1 Å². The lowest BCUT2D eigenvalue weighted by molar-refractivity contribution is -0.384. The summed E-state index contributed by atoms with van der Waals surface area (Å²) in [6.45, 7) is 4.07. The van der Waals surface area contributed by atoms with Gasteiger partial charge in [0.15, 0.2) is 5.11 Å². The molecular formula is C18H21N3O2S. The molecule has 2 aromatic carbocycles. The fourth-order valence-electron chi connectivity index (χ4n) is 2.38. The molecule has 0 saturated heterocycles. The Balaban J connectivity index is 2.11. The molecule has 0 fully saturated rings. The third-order valence-electron chi connectivity index (χ3n) is 4.05. The zero-order valence-electron chi connectivity index (χ0n) is 14.0. The molecule has 0 heterocycles. The van der Waals surface area contributed by atoms with Gasteiger partial charge >= 0.3 is 0 Å². The molecule has 2 rings (SSSR count). The number of nitro groups is 1. The average Bonchev–Trinajstić information content (AvgIpc) is 2.60. The number of nitro benzene ring substituents is 1. The number of anilines is 1. The lowest BCUT2D eigenvalue weighted by atomic mass is 10.1.